The molecule has 0 aliphatic carbocycles. The van der Waals surface area contributed by atoms with Crippen molar-refractivity contribution in [1.29, 1.82) is 0 Å². The number of aromatic nitrogens is 1. The normalized spacial score (nSPS) is 11.0. The lowest BCUT2D eigenvalue weighted by molar-refractivity contribution is -0.118. The predicted octanol–water partition coefficient (Wildman–Crippen LogP) is 5.63. The summed E-state index contributed by atoms with van der Waals surface area (Å²) in [5.74, 6) is 0.670. The average Bonchev–Trinajstić information content (AvgIpc) is 3.34. The Morgan fingerprint density at radius 1 is 1.15 bits per heavy atom. The summed E-state index contributed by atoms with van der Waals surface area (Å²) >= 11 is 7.77. The Morgan fingerprint density at radius 3 is 2.67 bits per heavy atom. The van der Waals surface area contributed by atoms with E-state index >= 15 is 0 Å². The van der Waals surface area contributed by atoms with Crippen LogP contribution < -0.4 is 4.90 Å². The van der Waals surface area contributed by atoms with Crippen LogP contribution in [0.5, 0.6) is 0 Å². The maximum Gasteiger partial charge on any atom is 0.233 e. The van der Waals surface area contributed by atoms with Gasteiger partial charge in [0.1, 0.15) is 5.76 Å². The summed E-state index contributed by atoms with van der Waals surface area (Å²) in [7, 11) is 0. The van der Waals surface area contributed by atoms with Gasteiger partial charge >= 0.3 is 0 Å². The molecule has 0 bridgehead atoms. The number of hydrogen-bond donors (Lipinski definition) is 0. The lowest BCUT2D eigenvalue weighted by Crippen LogP contribution is -2.31. The largest absolute Gasteiger partial charge is 0.467 e. The molecule has 0 aliphatic heterocycles. The van der Waals surface area contributed by atoms with Crippen molar-refractivity contribution in [3.8, 4) is 0 Å². The van der Waals surface area contributed by atoms with Gasteiger partial charge in [-0.3, -0.25) is 9.69 Å². The molecule has 4 aromatic rings. The summed E-state index contributed by atoms with van der Waals surface area (Å²) in [6.45, 7) is 2.32. The SMILES string of the molecule is Cc1ccc(Cl)c2sc(N(Cc3ccco3)C(=O)Cc3ccccc3)nc12. The molecule has 0 fully saturated rings. The quantitative estimate of drug-likeness (QED) is 0.439. The zero-order valence-corrected chi connectivity index (χ0v) is 16.3. The smallest absolute Gasteiger partial charge is 0.233 e. The third-order valence-corrected chi connectivity index (χ3v) is 5.85. The fraction of sp³-hybridized carbons (Fsp3) is 0.143. The van der Waals surface area contributed by atoms with E-state index < -0.39 is 0 Å². The molecule has 0 radical (unpaired) electrons. The Balaban J connectivity index is 1.72. The number of carbonyl (C=O) groups excluding carboxylic acids is 1. The molecule has 0 atom stereocenters. The van der Waals surface area contributed by atoms with Gasteiger partial charge in [0.05, 0.1) is 34.5 Å². The summed E-state index contributed by atoms with van der Waals surface area (Å²) in [6, 6.07) is 17.2. The number of halogens is 1. The van der Waals surface area contributed by atoms with E-state index in [1.165, 1.54) is 11.3 Å². The molecule has 2 aromatic heterocycles. The van der Waals surface area contributed by atoms with Crippen LogP contribution in [-0.2, 0) is 17.8 Å². The van der Waals surface area contributed by atoms with Gasteiger partial charge in [-0.05, 0) is 36.2 Å². The van der Waals surface area contributed by atoms with E-state index in [1.807, 2.05) is 61.5 Å². The van der Waals surface area contributed by atoms with Crippen molar-refractivity contribution in [3.63, 3.8) is 0 Å². The first-order valence-electron chi connectivity index (χ1n) is 8.54. The van der Waals surface area contributed by atoms with Gasteiger partial charge < -0.3 is 4.42 Å². The van der Waals surface area contributed by atoms with Crippen molar-refractivity contribution in [2.75, 3.05) is 4.90 Å². The van der Waals surface area contributed by atoms with Gasteiger partial charge in [0.2, 0.25) is 5.91 Å². The minimum absolute atomic E-state index is 0.0366. The van der Waals surface area contributed by atoms with Gasteiger partial charge in [-0.25, -0.2) is 4.98 Å². The van der Waals surface area contributed by atoms with Crippen LogP contribution in [0, 0.1) is 6.92 Å². The Bertz CT molecular complexity index is 1040. The van der Waals surface area contributed by atoms with E-state index in [-0.39, 0.29) is 5.91 Å². The van der Waals surface area contributed by atoms with E-state index in [0.29, 0.717) is 28.9 Å². The molecule has 136 valence electrons. The van der Waals surface area contributed by atoms with Crippen molar-refractivity contribution in [3.05, 3.63) is 82.8 Å². The van der Waals surface area contributed by atoms with Crippen LogP contribution in [0.1, 0.15) is 16.9 Å². The number of rotatable bonds is 5. The first-order chi connectivity index (χ1) is 13.1. The molecule has 0 saturated carbocycles. The number of aryl methyl sites for hydroxylation is 1. The summed E-state index contributed by atoms with van der Waals surface area (Å²) in [4.78, 5) is 19.5. The highest BCUT2D eigenvalue weighted by molar-refractivity contribution is 7.23. The van der Waals surface area contributed by atoms with Crippen molar-refractivity contribution in [2.45, 2.75) is 19.9 Å². The fourth-order valence-electron chi connectivity index (χ4n) is 2.89. The topological polar surface area (TPSA) is 46.3 Å². The Labute approximate surface area is 166 Å². The van der Waals surface area contributed by atoms with Crippen LogP contribution in [-0.4, -0.2) is 10.9 Å². The molecule has 4 nitrogen and oxygen atoms in total. The molecule has 2 aromatic carbocycles. The highest BCUT2D eigenvalue weighted by atomic mass is 35.5. The summed E-state index contributed by atoms with van der Waals surface area (Å²) in [5.41, 5.74) is 2.83. The number of nitrogens with zero attached hydrogens (tertiary/aromatic N) is 2. The van der Waals surface area contributed by atoms with Gasteiger partial charge in [0.15, 0.2) is 5.13 Å². The number of benzene rings is 2. The monoisotopic (exact) mass is 396 g/mol. The summed E-state index contributed by atoms with van der Waals surface area (Å²) < 4.78 is 6.36. The lowest BCUT2D eigenvalue weighted by Gasteiger charge is -2.18. The highest BCUT2D eigenvalue weighted by Gasteiger charge is 2.22. The van der Waals surface area contributed by atoms with Crippen LogP contribution in [0.2, 0.25) is 5.02 Å². The first kappa shape index (κ1) is 17.8. The number of carbonyl (C=O) groups is 1. The third kappa shape index (κ3) is 3.75. The zero-order chi connectivity index (χ0) is 18.8. The van der Waals surface area contributed by atoms with Crippen molar-refractivity contribution in [2.24, 2.45) is 0 Å². The van der Waals surface area contributed by atoms with E-state index in [1.54, 1.807) is 11.2 Å². The van der Waals surface area contributed by atoms with Crippen LogP contribution in [0.15, 0.2) is 65.3 Å². The Kier molecular flexibility index (Phi) is 4.97. The van der Waals surface area contributed by atoms with Crippen molar-refractivity contribution in [1.82, 2.24) is 4.98 Å². The highest BCUT2D eigenvalue weighted by Crippen LogP contribution is 2.36. The molecule has 0 unspecified atom stereocenters. The molecule has 6 heteroatoms. The van der Waals surface area contributed by atoms with E-state index in [0.717, 1.165) is 21.3 Å². The van der Waals surface area contributed by atoms with Crippen LogP contribution in [0.25, 0.3) is 10.2 Å². The standard InChI is InChI=1S/C21H17ClN2O2S/c1-14-9-10-17(22)20-19(14)23-21(27-20)24(13-16-8-5-11-26-16)18(25)12-15-6-3-2-4-7-15/h2-11H,12-13H2,1H3. The van der Waals surface area contributed by atoms with E-state index in [9.17, 15) is 4.79 Å². The number of thiazole rings is 1. The summed E-state index contributed by atoms with van der Waals surface area (Å²) in [6.07, 6.45) is 1.90. The first-order valence-corrected chi connectivity index (χ1v) is 9.73. The van der Waals surface area contributed by atoms with Crippen LogP contribution in [0.4, 0.5) is 5.13 Å². The van der Waals surface area contributed by atoms with Gasteiger partial charge in [-0.2, -0.15) is 0 Å². The zero-order valence-electron chi connectivity index (χ0n) is 14.7. The second-order valence-electron chi connectivity index (χ2n) is 6.26. The fourth-order valence-corrected chi connectivity index (χ4v) is 4.23. The van der Waals surface area contributed by atoms with Crippen molar-refractivity contribution >= 4 is 44.2 Å². The molecule has 0 aliphatic rings. The minimum atomic E-state index is -0.0366. The van der Waals surface area contributed by atoms with Gasteiger partial charge in [-0.1, -0.05) is 59.3 Å². The molecule has 27 heavy (non-hydrogen) atoms. The third-order valence-electron chi connectivity index (χ3n) is 4.31. The average molecular weight is 397 g/mol. The Hall–Kier alpha value is -2.63. The van der Waals surface area contributed by atoms with Gasteiger partial charge in [-0.15, -0.1) is 0 Å². The molecule has 0 saturated heterocycles. The molecule has 1 amide bonds. The molecule has 2 heterocycles. The molecular weight excluding hydrogens is 380 g/mol. The minimum Gasteiger partial charge on any atom is -0.467 e. The summed E-state index contributed by atoms with van der Waals surface area (Å²) in [5, 5.41) is 1.27. The maximum atomic E-state index is 13.1. The number of fused-ring (bicyclic) bond motifs is 1. The van der Waals surface area contributed by atoms with E-state index in [4.69, 9.17) is 21.0 Å². The van der Waals surface area contributed by atoms with Gasteiger partial charge in [0, 0.05) is 0 Å². The molecule has 0 N–H and O–H groups in total. The number of furan rings is 1. The number of amides is 1. The maximum absolute atomic E-state index is 13.1. The van der Waals surface area contributed by atoms with Crippen molar-refractivity contribution < 1.29 is 9.21 Å². The van der Waals surface area contributed by atoms with Crippen LogP contribution in [0.3, 0.4) is 0 Å². The van der Waals surface area contributed by atoms with Crippen LogP contribution >= 0.6 is 22.9 Å². The number of hydrogen-bond acceptors (Lipinski definition) is 4. The lowest BCUT2D eigenvalue weighted by atomic mass is 10.1. The van der Waals surface area contributed by atoms with Gasteiger partial charge in [0.25, 0.3) is 0 Å². The van der Waals surface area contributed by atoms with E-state index in [2.05, 4.69) is 0 Å². The molecular formula is C21H17ClN2O2S. The second-order valence-corrected chi connectivity index (χ2v) is 7.64. The molecule has 4 rings (SSSR count). The predicted molar refractivity (Wildman–Crippen MR) is 109 cm³/mol. The molecule has 0 spiro atoms. The Morgan fingerprint density at radius 2 is 1.96 bits per heavy atom. The second kappa shape index (κ2) is 7.55. The number of anilines is 1.